The fraction of sp³-hybridized carbons (Fsp3) is 0.118. The van der Waals surface area contributed by atoms with Gasteiger partial charge in [0.1, 0.15) is 11.5 Å². The van der Waals surface area contributed by atoms with Crippen LogP contribution < -0.4 is 15.4 Å². The lowest BCUT2D eigenvalue weighted by Crippen LogP contribution is -2.31. The number of methoxy groups -OCH3 is 1. The number of amides is 1. The smallest absolute Gasteiger partial charge is 0.260 e. The van der Waals surface area contributed by atoms with E-state index in [2.05, 4.69) is 55.8 Å². The highest BCUT2D eigenvalue weighted by atomic mass is 127. The molecule has 0 radical (unpaired) electrons. The molecule has 1 saturated heterocycles. The summed E-state index contributed by atoms with van der Waals surface area (Å²) in [6, 6.07) is 8.92. The first-order valence-electron chi connectivity index (χ1n) is 7.34. The number of rotatable bonds is 4. The largest absolute Gasteiger partial charge is 0.506 e. The molecule has 0 aliphatic carbocycles. The molecule has 5 nitrogen and oxygen atoms in total. The van der Waals surface area contributed by atoms with E-state index in [9.17, 15) is 9.90 Å². The van der Waals surface area contributed by atoms with E-state index < -0.39 is 0 Å². The number of anilines is 1. The number of aromatic hydroxyl groups is 1. The molecule has 9 heteroatoms. The molecule has 26 heavy (non-hydrogen) atoms. The molecule has 1 aliphatic heterocycles. The van der Waals surface area contributed by atoms with Crippen molar-refractivity contribution < 1.29 is 14.6 Å². The van der Waals surface area contributed by atoms with Gasteiger partial charge in [0.15, 0.2) is 5.50 Å². The van der Waals surface area contributed by atoms with E-state index in [1.54, 1.807) is 31.4 Å². The first kappa shape index (κ1) is 19.9. The van der Waals surface area contributed by atoms with Crippen molar-refractivity contribution in [3.8, 4) is 11.5 Å². The van der Waals surface area contributed by atoms with Crippen LogP contribution in [0, 0.1) is 7.14 Å². The third-order valence-corrected chi connectivity index (χ3v) is 6.42. The van der Waals surface area contributed by atoms with E-state index in [0.29, 0.717) is 21.4 Å². The van der Waals surface area contributed by atoms with Gasteiger partial charge in [-0.3, -0.25) is 4.79 Å². The second-order valence-corrected chi connectivity index (χ2v) is 9.21. The summed E-state index contributed by atoms with van der Waals surface area (Å²) < 4.78 is 6.79. The highest BCUT2D eigenvalue weighted by molar-refractivity contribution is 14.1. The van der Waals surface area contributed by atoms with Crippen LogP contribution in [0.25, 0.3) is 6.08 Å². The number of halogens is 3. The van der Waals surface area contributed by atoms with Crippen LogP contribution in [0.15, 0.2) is 35.2 Å². The van der Waals surface area contributed by atoms with Crippen molar-refractivity contribution in [2.75, 3.05) is 12.4 Å². The summed E-state index contributed by atoms with van der Waals surface area (Å²) >= 11 is 11.6. The maximum atomic E-state index is 12.3. The highest BCUT2D eigenvalue weighted by Crippen LogP contribution is 2.35. The van der Waals surface area contributed by atoms with Crippen LogP contribution >= 0.6 is 68.5 Å². The Morgan fingerprint density at radius 1 is 1.31 bits per heavy atom. The SMILES string of the molecule is COc1ccc(Cl)cc1NC1NC(=O)/C(=C/c2cc(I)c(O)c(I)c2)S1. The molecule has 1 atom stereocenters. The Kier molecular flexibility index (Phi) is 6.46. The fourth-order valence-corrected chi connectivity index (χ4v) is 5.28. The van der Waals surface area contributed by atoms with Crippen LogP contribution in [0.4, 0.5) is 5.69 Å². The number of nitrogens with one attached hydrogen (secondary N) is 2. The molecule has 0 aromatic heterocycles. The zero-order chi connectivity index (χ0) is 18.8. The summed E-state index contributed by atoms with van der Waals surface area (Å²) in [5.74, 6) is 0.736. The molecule has 3 N–H and O–H groups in total. The quantitative estimate of drug-likeness (QED) is 0.339. The van der Waals surface area contributed by atoms with Gasteiger partial charge in [0, 0.05) is 5.02 Å². The monoisotopic (exact) mass is 614 g/mol. The minimum atomic E-state index is -0.337. The van der Waals surface area contributed by atoms with E-state index in [1.165, 1.54) is 11.8 Å². The normalized spacial score (nSPS) is 18.1. The summed E-state index contributed by atoms with van der Waals surface area (Å²) in [6.07, 6.45) is 1.81. The Morgan fingerprint density at radius 2 is 2.00 bits per heavy atom. The lowest BCUT2D eigenvalue weighted by atomic mass is 10.2. The number of hydrogen-bond acceptors (Lipinski definition) is 5. The molecule has 0 spiro atoms. The van der Waals surface area contributed by atoms with Crippen LogP contribution in [0.3, 0.4) is 0 Å². The maximum Gasteiger partial charge on any atom is 0.260 e. The Morgan fingerprint density at radius 3 is 2.65 bits per heavy atom. The van der Waals surface area contributed by atoms with Crippen LogP contribution in [-0.4, -0.2) is 23.6 Å². The van der Waals surface area contributed by atoms with E-state index >= 15 is 0 Å². The van der Waals surface area contributed by atoms with Crippen LogP contribution in [-0.2, 0) is 4.79 Å². The van der Waals surface area contributed by atoms with Gasteiger partial charge in [-0.05, 0) is 87.2 Å². The summed E-state index contributed by atoms with van der Waals surface area (Å²) in [4.78, 5) is 12.9. The van der Waals surface area contributed by atoms with Gasteiger partial charge < -0.3 is 20.5 Å². The maximum absolute atomic E-state index is 12.3. The number of benzene rings is 2. The van der Waals surface area contributed by atoms with Crippen LogP contribution in [0.5, 0.6) is 11.5 Å². The van der Waals surface area contributed by atoms with E-state index in [4.69, 9.17) is 16.3 Å². The molecule has 2 aromatic rings. The average molecular weight is 615 g/mol. The Hall–Kier alpha value is -0.850. The molecule has 0 saturated carbocycles. The molecule has 2 aromatic carbocycles. The number of hydrogen-bond donors (Lipinski definition) is 3. The third kappa shape index (κ3) is 4.52. The molecule has 136 valence electrons. The number of phenolic OH excluding ortho intramolecular Hbond substituents is 1. The van der Waals surface area contributed by atoms with E-state index in [1.807, 2.05) is 12.1 Å². The van der Waals surface area contributed by atoms with Crippen molar-refractivity contribution in [2.45, 2.75) is 5.50 Å². The fourth-order valence-electron chi connectivity index (χ4n) is 2.32. The predicted molar refractivity (Wildman–Crippen MR) is 123 cm³/mol. The van der Waals surface area contributed by atoms with Crippen LogP contribution in [0.2, 0.25) is 5.02 Å². The Bertz CT molecular complexity index is 885. The third-order valence-electron chi connectivity index (χ3n) is 3.52. The zero-order valence-electron chi connectivity index (χ0n) is 13.3. The van der Waals surface area contributed by atoms with E-state index in [-0.39, 0.29) is 17.2 Å². The average Bonchev–Trinajstić information content (AvgIpc) is 2.92. The number of carbonyl (C=O) groups is 1. The first-order valence-corrected chi connectivity index (χ1v) is 10.8. The molecule has 0 bridgehead atoms. The lowest BCUT2D eigenvalue weighted by molar-refractivity contribution is -0.116. The molecule has 1 heterocycles. The van der Waals surface area contributed by atoms with Crippen molar-refractivity contribution in [3.05, 3.63) is 53.0 Å². The van der Waals surface area contributed by atoms with Crippen molar-refractivity contribution in [3.63, 3.8) is 0 Å². The van der Waals surface area contributed by atoms with E-state index in [0.717, 1.165) is 12.7 Å². The van der Waals surface area contributed by atoms with Gasteiger partial charge in [0.25, 0.3) is 5.91 Å². The summed E-state index contributed by atoms with van der Waals surface area (Å²) in [7, 11) is 1.58. The lowest BCUT2D eigenvalue weighted by Gasteiger charge is -2.15. The number of phenols is 1. The molecule has 1 amide bonds. The molecule has 1 fully saturated rings. The standard InChI is InChI=1S/C17H13ClI2N2O3S/c1-25-13-3-2-9(18)7-12(13)21-17-22-16(24)14(26-17)6-8-4-10(19)15(23)11(20)5-8/h2-7,17,21,23H,1H3,(H,22,24)/b14-6-. The van der Waals surface area contributed by atoms with Gasteiger partial charge >= 0.3 is 0 Å². The minimum Gasteiger partial charge on any atom is -0.506 e. The van der Waals surface area contributed by atoms with Gasteiger partial charge in [0.2, 0.25) is 0 Å². The molecule has 1 unspecified atom stereocenters. The highest BCUT2D eigenvalue weighted by Gasteiger charge is 2.28. The summed E-state index contributed by atoms with van der Waals surface area (Å²) in [5.41, 5.74) is 1.22. The number of carbonyl (C=O) groups excluding carboxylic acids is 1. The van der Waals surface area contributed by atoms with Gasteiger partial charge in [-0.2, -0.15) is 0 Å². The topological polar surface area (TPSA) is 70.6 Å². The molecule has 3 rings (SSSR count). The van der Waals surface area contributed by atoms with Gasteiger partial charge in [-0.15, -0.1) is 0 Å². The second-order valence-electron chi connectivity index (χ2n) is 5.30. The van der Waals surface area contributed by atoms with Crippen molar-refractivity contribution in [1.82, 2.24) is 5.32 Å². The number of ether oxygens (including phenoxy) is 1. The van der Waals surface area contributed by atoms with Crippen molar-refractivity contribution in [1.29, 1.82) is 0 Å². The number of thioether (sulfide) groups is 1. The molecule has 1 aliphatic rings. The van der Waals surface area contributed by atoms with Gasteiger partial charge in [-0.1, -0.05) is 23.4 Å². The van der Waals surface area contributed by atoms with Crippen molar-refractivity contribution >= 4 is 86.2 Å². The summed E-state index contributed by atoms with van der Waals surface area (Å²) in [6.45, 7) is 0. The second kappa shape index (κ2) is 8.44. The Balaban J connectivity index is 1.80. The Labute approximate surface area is 187 Å². The first-order chi connectivity index (χ1) is 12.4. The molecular weight excluding hydrogens is 602 g/mol. The van der Waals surface area contributed by atoms with Crippen molar-refractivity contribution in [2.24, 2.45) is 0 Å². The minimum absolute atomic E-state index is 0.161. The zero-order valence-corrected chi connectivity index (χ0v) is 19.2. The van der Waals surface area contributed by atoms with Gasteiger partial charge in [-0.25, -0.2) is 0 Å². The predicted octanol–water partition coefficient (Wildman–Crippen LogP) is 4.86. The van der Waals surface area contributed by atoms with Crippen LogP contribution in [0.1, 0.15) is 5.56 Å². The van der Waals surface area contributed by atoms with Gasteiger partial charge in [0.05, 0.1) is 24.8 Å². The summed E-state index contributed by atoms with van der Waals surface area (Å²) in [5, 5.41) is 16.5. The molecular formula is C17H13ClI2N2O3S.